The number of nitriles is 1. The molecule has 0 saturated heterocycles. The van der Waals surface area contributed by atoms with Gasteiger partial charge in [0.05, 0.1) is 12.6 Å². The van der Waals surface area contributed by atoms with Crippen LogP contribution in [0.5, 0.6) is 0 Å². The summed E-state index contributed by atoms with van der Waals surface area (Å²) in [5, 5.41) is 8.25. The first-order valence-electron chi connectivity index (χ1n) is 4.21. The summed E-state index contributed by atoms with van der Waals surface area (Å²) in [6.07, 6.45) is 5.18. The molecule has 0 aromatic heterocycles. The standard InChI is InChI=1S/C9H14N2O/c1-9(7-11-8-12)5-3-2-4-6-10/h9H,2-5,7H2,1H3. The van der Waals surface area contributed by atoms with E-state index in [0.717, 1.165) is 19.3 Å². The third-order valence-corrected chi connectivity index (χ3v) is 1.70. The summed E-state index contributed by atoms with van der Waals surface area (Å²) in [6.45, 7) is 2.61. The van der Waals surface area contributed by atoms with E-state index in [1.807, 2.05) is 6.92 Å². The van der Waals surface area contributed by atoms with Crippen molar-refractivity contribution in [3.63, 3.8) is 0 Å². The number of carbonyl (C=O) groups excluding carboxylic acids is 1. The zero-order valence-electron chi connectivity index (χ0n) is 7.42. The molecule has 0 N–H and O–H groups in total. The zero-order valence-corrected chi connectivity index (χ0v) is 7.42. The second kappa shape index (κ2) is 7.97. The minimum absolute atomic E-state index is 0.435. The summed E-state index contributed by atoms with van der Waals surface area (Å²) in [5.74, 6) is 0.435. The Morgan fingerprint density at radius 3 is 2.83 bits per heavy atom. The van der Waals surface area contributed by atoms with Crippen molar-refractivity contribution >= 4 is 6.08 Å². The fourth-order valence-corrected chi connectivity index (χ4v) is 0.981. The van der Waals surface area contributed by atoms with Crippen LogP contribution in [-0.2, 0) is 4.79 Å². The molecule has 0 aromatic carbocycles. The van der Waals surface area contributed by atoms with Gasteiger partial charge in [0.2, 0.25) is 6.08 Å². The molecule has 0 heterocycles. The van der Waals surface area contributed by atoms with E-state index in [1.165, 1.54) is 6.08 Å². The molecule has 66 valence electrons. The van der Waals surface area contributed by atoms with E-state index in [4.69, 9.17) is 5.26 Å². The smallest absolute Gasteiger partial charge is 0.211 e. The minimum Gasteiger partial charge on any atom is -0.211 e. The molecule has 12 heavy (non-hydrogen) atoms. The van der Waals surface area contributed by atoms with E-state index in [-0.39, 0.29) is 0 Å². The first-order chi connectivity index (χ1) is 5.81. The van der Waals surface area contributed by atoms with E-state index in [2.05, 4.69) is 11.1 Å². The number of aliphatic imine (C=N–C) groups is 1. The molecule has 0 saturated carbocycles. The fourth-order valence-electron chi connectivity index (χ4n) is 0.981. The molecule has 0 bridgehead atoms. The van der Waals surface area contributed by atoms with Gasteiger partial charge in [0.15, 0.2) is 0 Å². The molecule has 0 aliphatic carbocycles. The molecule has 0 spiro atoms. The van der Waals surface area contributed by atoms with Crippen LogP contribution < -0.4 is 0 Å². The lowest BCUT2D eigenvalue weighted by Gasteiger charge is -2.04. The molecule has 0 radical (unpaired) electrons. The molecular weight excluding hydrogens is 152 g/mol. The molecule has 0 rings (SSSR count). The average molecular weight is 166 g/mol. The van der Waals surface area contributed by atoms with Gasteiger partial charge in [-0.25, -0.2) is 9.79 Å². The maximum Gasteiger partial charge on any atom is 0.234 e. The van der Waals surface area contributed by atoms with E-state index < -0.39 is 0 Å². The van der Waals surface area contributed by atoms with Crippen LogP contribution in [0.2, 0.25) is 0 Å². The van der Waals surface area contributed by atoms with Gasteiger partial charge in [-0.2, -0.15) is 5.26 Å². The lowest BCUT2D eigenvalue weighted by atomic mass is 10.0. The van der Waals surface area contributed by atoms with Crippen LogP contribution in [-0.4, -0.2) is 12.6 Å². The number of hydrogen-bond acceptors (Lipinski definition) is 3. The van der Waals surface area contributed by atoms with Crippen LogP contribution in [0.4, 0.5) is 0 Å². The second-order valence-corrected chi connectivity index (χ2v) is 2.94. The van der Waals surface area contributed by atoms with Crippen LogP contribution in [0.3, 0.4) is 0 Å². The Kier molecular flexibility index (Phi) is 7.22. The normalized spacial score (nSPS) is 11.3. The number of nitrogens with zero attached hydrogens (tertiary/aromatic N) is 2. The molecule has 3 heteroatoms. The van der Waals surface area contributed by atoms with Crippen LogP contribution in [0.15, 0.2) is 4.99 Å². The Morgan fingerprint density at radius 2 is 2.25 bits per heavy atom. The predicted octanol–water partition coefficient (Wildman–Crippen LogP) is 2.04. The molecular formula is C9H14N2O. The zero-order chi connectivity index (χ0) is 9.23. The second-order valence-electron chi connectivity index (χ2n) is 2.94. The van der Waals surface area contributed by atoms with Gasteiger partial charge in [-0.15, -0.1) is 0 Å². The molecule has 1 unspecified atom stereocenters. The highest BCUT2D eigenvalue weighted by molar-refractivity contribution is 5.32. The van der Waals surface area contributed by atoms with Gasteiger partial charge in [0, 0.05) is 6.42 Å². The molecule has 0 amide bonds. The summed E-state index contributed by atoms with van der Waals surface area (Å²) >= 11 is 0. The highest BCUT2D eigenvalue weighted by Gasteiger charge is 1.99. The maximum atomic E-state index is 9.75. The number of hydrogen-bond donors (Lipinski definition) is 0. The number of isocyanates is 1. The third-order valence-electron chi connectivity index (χ3n) is 1.70. The van der Waals surface area contributed by atoms with Gasteiger partial charge in [0.1, 0.15) is 0 Å². The van der Waals surface area contributed by atoms with Crippen molar-refractivity contribution in [3.05, 3.63) is 0 Å². The van der Waals surface area contributed by atoms with Gasteiger partial charge in [-0.1, -0.05) is 13.3 Å². The van der Waals surface area contributed by atoms with Crippen LogP contribution >= 0.6 is 0 Å². The van der Waals surface area contributed by atoms with Gasteiger partial charge >= 0.3 is 0 Å². The van der Waals surface area contributed by atoms with Crippen molar-refractivity contribution in [2.24, 2.45) is 10.9 Å². The Bertz CT molecular complexity index is 189. The Morgan fingerprint density at radius 1 is 1.50 bits per heavy atom. The third kappa shape index (κ3) is 6.98. The molecule has 0 fully saturated rings. The molecule has 0 aromatic rings. The summed E-state index contributed by atoms with van der Waals surface area (Å²) in [4.78, 5) is 13.3. The number of unbranched alkanes of at least 4 members (excludes halogenated alkanes) is 2. The van der Waals surface area contributed by atoms with Gasteiger partial charge in [0.25, 0.3) is 0 Å². The lowest BCUT2D eigenvalue weighted by Crippen LogP contribution is -1.98. The predicted molar refractivity (Wildman–Crippen MR) is 46.2 cm³/mol. The summed E-state index contributed by atoms with van der Waals surface area (Å²) in [7, 11) is 0. The number of rotatable bonds is 6. The first-order valence-corrected chi connectivity index (χ1v) is 4.21. The SMILES string of the molecule is CC(CCCCC#N)CN=C=O. The Balaban J connectivity index is 3.26. The Labute approximate surface area is 73.1 Å². The highest BCUT2D eigenvalue weighted by atomic mass is 16.1. The largest absolute Gasteiger partial charge is 0.234 e. The van der Waals surface area contributed by atoms with Crippen molar-refractivity contribution in [1.29, 1.82) is 5.26 Å². The van der Waals surface area contributed by atoms with Gasteiger partial charge in [-0.3, -0.25) is 0 Å². The summed E-state index contributed by atoms with van der Waals surface area (Å²) in [5.41, 5.74) is 0. The van der Waals surface area contributed by atoms with E-state index in [0.29, 0.717) is 18.9 Å². The quantitative estimate of drug-likeness (QED) is 0.344. The van der Waals surface area contributed by atoms with Crippen LogP contribution in [0.1, 0.15) is 32.6 Å². The van der Waals surface area contributed by atoms with Crippen molar-refractivity contribution in [2.45, 2.75) is 32.6 Å². The van der Waals surface area contributed by atoms with Crippen LogP contribution in [0.25, 0.3) is 0 Å². The topological polar surface area (TPSA) is 53.2 Å². The Hall–Kier alpha value is -1.13. The van der Waals surface area contributed by atoms with E-state index in [9.17, 15) is 4.79 Å². The molecule has 0 aliphatic rings. The van der Waals surface area contributed by atoms with E-state index in [1.54, 1.807) is 0 Å². The summed E-state index contributed by atoms with van der Waals surface area (Å²) < 4.78 is 0. The highest BCUT2D eigenvalue weighted by Crippen LogP contribution is 2.08. The average Bonchev–Trinajstić information content (AvgIpc) is 2.09. The lowest BCUT2D eigenvalue weighted by molar-refractivity contribution is 0.505. The van der Waals surface area contributed by atoms with Crippen LogP contribution in [0, 0.1) is 17.2 Å². The summed E-state index contributed by atoms with van der Waals surface area (Å²) in [6, 6.07) is 2.10. The monoisotopic (exact) mass is 166 g/mol. The van der Waals surface area contributed by atoms with Crippen molar-refractivity contribution in [2.75, 3.05) is 6.54 Å². The minimum atomic E-state index is 0.435. The van der Waals surface area contributed by atoms with Gasteiger partial charge in [-0.05, 0) is 18.8 Å². The van der Waals surface area contributed by atoms with Crippen molar-refractivity contribution in [3.8, 4) is 6.07 Å². The molecule has 3 nitrogen and oxygen atoms in total. The van der Waals surface area contributed by atoms with Crippen molar-refractivity contribution < 1.29 is 4.79 Å². The first kappa shape index (κ1) is 10.9. The van der Waals surface area contributed by atoms with E-state index >= 15 is 0 Å². The molecule has 0 aliphatic heterocycles. The maximum absolute atomic E-state index is 9.75. The fraction of sp³-hybridized carbons (Fsp3) is 0.778. The van der Waals surface area contributed by atoms with Gasteiger partial charge < -0.3 is 0 Å². The van der Waals surface area contributed by atoms with Crippen molar-refractivity contribution in [1.82, 2.24) is 0 Å². The molecule has 1 atom stereocenters.